The van der Waals surface area contributed by atoms with Crippen molar-refractivity contribution in [3.8, 4) is 0 Å². The van der Waals surface area contributed by atoms with Crippen molar-refractivity contribution >= 4 is 41.3 Å². The highest BCUT2D eigenvalue weighted by molar-refractivity contribution is 7.97. The van der Waals surface area contributed by atoms with Gasteiger partial charge in [0.2, 0.25) is 0 Å². The van der Waals surface area contributed by atoms with Crippen LogP contribution in [0.4, 0.5) is 10.5 Å². The highest BCUT2D eigenvalue weighted by Crippen LogP contribution is 2.24. The van der Waals surface area contributed by atoms with E-state index >= 15 is 0 Å². The van der Waals surface area contributed by atoms with Crippen molar-refractivity contribution in [1.82, 2.24) is 4.90 Å². The second-order valence-electron chi connectivity index (χ2n) is 6.97. The van der Waals surface area contributed by atoms with Gasteiger partial charge in [-0.25, -0.2) is 4.90 Å². The third-order valence-corrected chi connectivity index (χ3v) is 5.34. The summed E-state index contributed by atoms with van der Waals surface area (Å²) in [5.41, 5.74) is 2.10. The van der Waals surface area contributed by atoms with Crippen molar-refractivity contribution in [2.24, 2.45) is 0 Å². The van der Waals surface area contributed by atoms with E-state index in [1.807, 2.05) is 0 Å². The lowest BCUT2D eigenvalue weighted by Crippen LogP contribution is -2.35. The van der Waals surface area contributed by atoms with Crippen LogP contribution in [0.3, 0.4) is 0 Å². The summed E-state index contributed by atoms with van der Waals surface area (Å²) in [7, 11) is 0. The van der Waals surface area contributed by atoms with Crippen LogP contribution in [-0.2, 0) is 6.42 Å². The smallest absolute Gasteiger partial charge is 0.274 e. The summed E-state index contributed by atoms with van der Waals surface area (Å²) < 4.78 is 0. The summed E-state index contributed by atoms with van der Waals surface area (Å²) in [4.78, 5) is 52.7. The molecule has 6 nitrogen and oxygen atoms in total. The number of para-hydroxylation sites is 1. The molecule has 0 atom stereocenters. The molecular weight excluding hydrogens is 412 g/mol. The lowest BCUT2D eigenvalue weighted by atomic mass is 10.0. The highest BCUT2D eigenvalue weighted by Gasteiger charge is 2.35. The van der Waals surface area contributed by atoms with E-state index in [2.05, 4.69) is 12.6 Å². The van der Waals surface area contributed by atoms with Gasteiger partial charge in [0.25, 0.3) is 23.0 Å². The topological polar surface area (TPSA) is 74.8 Å². The molecule has 0 aliphatic carbocycles. The van der Waals surface area contributed by atoms with E-state index in [1.165, 1.54) is 4.90 Å². The van der Waals surface area contributed by atoms with Gasteiger partial charge in [-0.05, 0) is 42.3 Å². The van der Waals surface area contributed by atoms with Crippen molar-refractivity contribution in [1.29, 1.82) is 0 Å². The Balaban J connectivity index is 1.58. The number of carbonyl (C=O) groups excluding carboxylic acids is 4. The average molecular weight is 430 g/mol. The first-order valence-electron chi connectivity index (χ1n) is 9.64. The summed E-state index contributed by atoms with van der Waals surface area (Å²) >= 11 is 3.87. The Hall–Kier alpha value is -3.71. The van der Waals surface area contributed by atoms with Crippen LogP contribution in [0, 0.1) is 0 Å². The SMILES string of the molecule is O=C1c2ccccc2C(=O)N1CCc1ccccc1C(=O)N(C(=O)S)c1ccccc1. The fourth-order valence-corrected chi connectivity index (χ4v) is 3.84. The number of nitrogens with zero attached hydrogens (tertiary/aromatic N) is 2. The number of imide groups is 2. The molecule has 1 aliphatic heterocycles. The van der Waals surface area contributed by atoms with E-state index < -0.39 is 11.1 Å². The number of hydrogen-bond acceptors (Lipinski definition) is 4. The number of rotatable bonds is 5. The van der Waals surface area contributed by atoms with Crippen LogP contribution in [0.2, 0.25) is 0 Å². The molecule has 3 aromatic carbocycles. The van der Waals surface area contributed by atoms with Crippen LogP contribution in [-0.4, -0.2) is 34.4 Å². The van der Waals surface area contributed by atoms with Crippen molar-refractivity contribution in [2.75, 3.05) is 11.4 Å². The predicted molar refractivity (Wildman–Crippen MR) is 120 cm³/mol. The maximum atomic E-state index is 13.2. The summed E-state index contributed by atoms with van der Waals surface area (Å²) in [5.74, 6) is -1.22. The van der Waals surface area contributed by atoms with Gasteiger partial charge in [0, 0.05) is 12.1 Å². The maximum Gasteiger partial charge on any atom is 0.290 e. The standard InChI is InChI=1S/C24H18N2O4S/c27-21-19-12-6-7-13-20(19)22(28)25(21)15-14-16-8-4-5-11-18(16)23(29)26(24(30)31)17-9-2-1-3-10-17/h1-13H,14-15H2,(H,30,31). The molecule has 0 N–H and O–H groups in total. The quantitative estimate of drug-likeness (QED) is 0.486. The van der Waals surface area contributed by atoms with Crippen LogP contribution >= 0.6 is 12.6 Å². The van der Waals surface area contributed by atoms with Gasteiger partial charge in [-0.15, -0.1) is 0 Å². The van der Waals surface area contributed by atoms with Crippen molar-refractivity contribution in [3.05, 3.63) is 101 Å². The van der Waals surface area contributed by atoms with E-state index in [9.17, 15) is 19.2 Å². The Morgan fingerprint density at radius 3 is 1.94 bits per heavy atom. The molecule has 4 rings (SSSR count). The van der Waals surface area contributed by atoms with E-state index in [4.69, 9.17) is 0 Å². The van der Waals surface area contributed by atoms with Gasteiger partial charge in [-0.2, -0.15) is 0 Å². The van der Waals surface area contributed by atoms with Crippen LogP contribution in [0.25, 0.3) is 0 Å². The summed E-state index contributed by atoms with van der Waals surface area (Å²) in [5, 5.41) is -0.702. The molecule has 1 heterocycles. The van der Waals surface area contributed by atoms with Crippen LogP contribution in [0.15, 0.2) is 78.9 Å². The monoisotopic (exact) mass is 430 g/mol. The van der Waals surface area contributed by atoms with Gasteiger partial charge in [0.1, 0.15) is 0 Å². The lowest BCUT2D eigenvalue weighted by molar-refractivity contribution is 0.0656. The number of anilines is 1. The zero-order valence-electron chi connectivity index (χ0n) is 16.4. The van der Waals surface area contributed by atoms with E-state index in [-0.39, 0.29) is 24.8 Å². The van der Waals surface area contributed by atoms with E-state index in [0.29, 0.717) is 27.9 Å². The van der Waals surface area contributed by atoms with Crippen LogP contribution < -0.4 is 4.90 Å². The fraction of sp³-hybridized carbons (Fsp3) is 0.0833. The molecule has 1 aliphatic rings. The minimum Gasteiger partial charge on any atom is -0.274 e. The van der Waals surface area contributed by atoms with Gasteiger partial charge < -0.3 is 0 Å². The number of amides is 4. The molecule has 0 bridgehead atoms. The molecule has 0 saturated carbocycles. The molecule has 154 valence electrons. The van der Waals surface area contributed by atoms with Gasteiger partial charge in [0.15, 0.2) is 0 Å². The van der Waals surface area contributed by atoms with Gasteiger partial charge in [-0.1, -0.05) is 61.2 Å². The fourth-order valence-electron chi connectivity index (χ4n) is 3.63. The first-order valence-corrected chi connectivity index (χ1v) is 10.1. The van der Waals surface area contributed by atoms with Gasteiger partial charge in [0.05, 0.1) is 16.8 Å². The molecule has 3 aromatic rings. The number of benzene rings is 3. The van der Waals surface area contributed by atoms with Gasteiger partial charge >= 0.3 is 0 Å². The molecule has 4 amide bonds. The van der Waals surface area contributed by atoms with Crippen LogP contribution in [0.5, 0.6) is 0 Å². The number of thiol groups is 1. The Labute approximate surface area is 184 Å². The second-order valence-corrected chi connectivity index (χ2v) is 7.36. The molecule has 7 heteroatoms. The third kappa shape index (κ3) is 3.87. The van der Waals surface area contributed by atoms with Gasteiger partial charge in [-0.3, -0.25) is 24.1 Å². The molecular formula is C24H18N2O4S. The Kier molecular flexibility index (Phi) is 5.68. The lowest BCUT2D eigenvalue weighted by Gasteiger charge is -2.21. The Morgan fingerprint density at radius 1 is 0.774 bits per heavy atom. The Bertz CT molecular complexity index is 1160. The molecule has 0 fully saturated rings. The number of fused-ring (bicyclic) bond motifs is 1. The zero-order valence-corrected chi connectivity index (χ0v) is 17.3. The zero-order chi connectivity index (χ0) is 22.0. The van der Waals surface area contributed by atoms with Crippen molar-refractivity contribution in [2.45, 2.75) is 6.42 Å². The molecule has 0 radical (unpaired) electrons. The highest BCUT2D eigenvalue weighted by atomic mass is 32.1. The molecule has 0 saturated heterocycles. The first kappa shape index (κ1) is 20.6. The molecule has 0 unspecified atom stereocenters. The minimum atomic E-state index is -0.702. The summed E-state index contributed by atoms with van der Waals surface area (Å²) in [6, 6.07) is 22.0. The largest absolute Gasteiger partial charge is 0.290 e. The van der Waals surface area contributed by atoms with Crippen molar-refractivity contribution < 1.29 is 19.2 Å². The molecule has 0 aromatic heterocycles. The maximum absolute atomic E-state index is 13.2. The Morgan fingerprint density at radius 2 is 1.32 bits per heavy atom. The summed E-state index contributed by atoms with van der Waals surface area (Å²) in [6.45, 7) is 0.122. The molecule has 31 heavy (non-hydrogen) atoms. The number of carbonyl (C=O) groups is 4. The molecule has 0 spiro atoms. The number of hydrogen-bond donors (Lipinski definition) is 1. The summed E-state index contributed by atoms with van der Waals surface area (Å²) in [6.07, 6.45) is 0.275. The average Bonchev–Trinajstić information content (AvgIpc) is 3.03. The second kappa shape index (κ2) is 8.57. The first-order chi connectivity index (χ1) is 15.0. The normalized spacial score (nSPS) is 12.6. The van der Waals surface area contributed by atoms with E-state index in [1.54, 1.807) is 78.9 Å². The predicted octanol–water partition coefficient (Wildman–Crippen LogP) is 4.22. The minimum absolute atomic E-state index is 0.122. The third-order valence-electron chi connectivity index (χ3n) is 5.14. The van der Waals surface area contributed by atoms with E-state index in [0.717, 1.165) is 4.90 Å². The van der Waals surface area contributed by atoms with Crippen molar-refractivity contribution in [3.63, 3.8) is 0 Å². The van der Waals surface area contributed by atoms with Crippen LogP contribution in [0.1, 0.15) is 36.6 Å².